The second kappa shape index (κ2) is 7.08. The standard InChI is InChI=1S/C14H25NS/c1-5-6-7-11(2)15-12(3)10-14-9-8-13(4)16-14/h8-9,11-12,15H,5-7,10H2,1-4H3. The topological polar surface area (TPSA) is 12.0 Å². The Bertz CT molecular complexity index is 293. The zero-order valence-electron chi connectivity index (χ0n) is 11.0. The number of nitrogens with one attached hydrogen (secondary N) is 1. The number of rotatable bonds is 7. The molecular weight excluding hydrogens is 214 g/mol. The third-order valence-electron chi connectivity index (χ3n) is 2.86. The molecule has 0 aliphatic heterocycles. The van der Waals surface area contributed by atoms with Crippen LogP contribution in [0.4, 0.5) is 0 Å². The van der Waals surface area contributed by atoms with Crippen LogP contribution in [0.1, 0.15) is 49.8 Å². The Morgan fingerprint density at radius 2 is 2.00 bits per heavy atom. The van der Waals surface area contributed by atoms with Gasteiger partial charge in [-0.3, -0.25) is 0 Å². The maximum atomic E-state index is 3.68. The minimum Gasteiger partial charge on any atom is -0.311 e. The van der Waals surface area contributed by atoms with E-state index in [4.69, 9.17) is 0 Å². The molecule has 2 heteroatoms. The van der Waals surface area contributed by atoms with Gasteiger partial charge in [0.2, 0.25) is 0 Å². The first kappa shape index (κ1) is 13.7. The fourth-order valence-corrected chi connectivity index (χ4v) is 3.05. The Balaban J connectivity index is 2.27. The van der Waals surface area contributed by atoms with E-state index in [9.17, 15) is 0 Å². The summed E-state index contributed by atoms with van der Waals surface area (Å²) in [6.45, 7) is 9.02. The van der Waals surface area contributed by atoms with Crippen molar-refractivity contribution in [3.63, 3.8) is 0 Å². The summed E-state index contributed by atoms with van der Waals surface area (Å²) < 4.78 is 0. The molecule has 0 aromatic carbocycles. The van der Waals surface area contributed by atoms with Crippen LogP contribution in [-0.4, -0.2) is 12.1 Å². The Kier molecular flexibility index (Phi) is 6.07. The maximum Gasteiger partial charge on any atom is 0.00894 e. The van der Waals surface area contributed by atoms with Crippen molar-refractivity contribution < 1.29 is 0 Å². The Morgan fingerprint density at radius 3 is 2.56 bits per heavy atom. The molecule has 1 aromatic rings. The molecule has 0 amide bonds. The molecule has 1 nitrogen and oxygen atoms in total. The van der Waals surface area contributed by atoms with Crippen LogP contribution in [0, 0.1) is 6.92 Å². The van der Waals surface area contributed by atoms with E-state index in [1.54, 1.807) is 0 Å². The van der Waals surface area contributed by atoms with Crippen LogP contribution >= 0.6 is 11.3 Å². The lowest BCUT2D eigenvalue weighted by Gasteiger charge is -2.19. The number of aryl methyl sites for hydroxylation is 1. The van der Waals surface area contributed by atoms with Gasteiger partial charge in [-0.05, 0) is 45.7 Å². The van der Waals surface area contributed by atoms with Gasteiger partial charge in [0, 0.05) is 21.8 Å². The number of thiophene rings is 1. The highest BCUT2D eigenvalue weighted by Gasteiger charge is 2.08. The van der Waals surface area contributed by atoms with Crippen LogP contribution < -0.4 is 5.32 Å². The summed E-state index contributed by atoms with van der Waals surface area (Å²) in [7, 11) is 0. The molecule has 2 unspecified atom stereocenters. The number of hydrogen-bond donors (Lipinski definition) is 1. The van der Waals surface area contributed by atoms with Crippen LogP contribution in [0.2, 0.25) is 0 Å². The van der Waals surface area contributed by atoms with E-state index in [0.29, 0.717) is 12.1 Å². The third kappa shape index (κ3) is 5.13. The van der Waals surface area contributed by atoms with Crippen molar-refractivity contribution in [2.24, 2.45) is 0 Å². The second-order valence-electron chi connectivity index (χ2n) is 4.83. The van der Waals surface area contributed by atoms with Gasteiger partial charge in [0.15, 0.2) is 0 Å². The van der Waals surface area contributed by atoms with Gasteiger partial charge in [0.25, 0.3) is 0 Å². The first-order chi connectivity index (χ1) is 7.61. The van der Waals surface area contributed by atoms with Gasteiger partial charge in [0.1, 0.15) is 0 Å². The molecule has 0 spiro atoms. The second-order valence-corrected chi connectivity index (χ2v) is 6.20. The fraction of sp³-hybridized carbons (Fsp3) is 0.714. The molecule has 0 bridgehead atoms. The molecule has 0 saturated carbocycles. The summed E-state index contributed by atoms with van der Waals surface area (Å²) in [5.41, 5.74) is 0. The molecule has 0 radical (unpaired) electrons. The quantitative estimate of drug-likeness (QED) is 0.753. The van der Waals surface area contributed by atoms with E-state index in [0.717, 1.165) is 6.42 Å². The molecule has 92 valence electrons. The lowest BCUT2D eigenvalue weighted by atomic mass is 10.1. The fourth-order valence-electron chi connectivity index (χ4n) is 2.03. The predicted molar refractivity (Wildman–Crippen MR) is 74.3 cm³/mol. The van der Waals surface area contributed by atoms with Gasteiger partial charge in [0.05, 0.1) is 0 Å². The van der Waals surface area contributed by atoms with Crippen molar-refractivity contribution in [1.29, 1.82) is 0 Å². The predicted octanol–water partition coefficient (Wildman–Crippen LogP) is 4.16. The van der Waals surface area contributed by atoms with Gasteiger partial charge in [-0.1, -0.05) is 19.8 Å². The summed E-state index contributed by atoms with van der Waals surface area (Å²) in [6.07, 6.45) is 5.09. The van der Waals surface area contributed by atoms with Crippen LogP contribution in [0.15, 0.2) is 12.1 Å². The molecule has 16 heavy (non-hydrogen) atoms. The van der Waals surface area contributed by atoms with Crippen molar-refractivity contribution in [3.8, 4) is 0 Å². The zero-order chi connectivity index (χ0) is 12.0. The minimum absolute atomic E-state index is 0.588. The van der Waals surface area contributed by atoms with Crippen molar-refractivity contribution in [2.75, 3.05) is 0 Å². The Hall–Kier alpha value is -0.340. The maximum absolute atomic E-state index is 3.68. The van der Waals surface area contributed by atoms with Crippen LogP contribution in [0.25, 0.3) is 0 Å². The van der Waals surface area contributed by atoms with Gasteiger partial charge in [-0.15, -0.1) is 11.3 Å². The zero-order valence-corrected chi connectivity index (χ0v) is 11.9. The summed E-state index contributed by atoms with van der Waals surface area (Å²) in [6, 6.07) is 5.71. The third-order valence-corrected chi connectivity index (χ3v) is 3.89. The molecule has 0 aliphatic rings. The molecule has 1 rings (SSSR count). The molecule has 1 N–H and O–H groups in total. The van der Waals surface area contributed by atoms with Crippen LogP contribution in [0.3, 0.4) is 0 Å². The highest BCUT2D eigenvalue weighted by Crippen LogP contribution is 2.17. The first-order valence-corrected chi connectivity index (χ1v) is 7.24. The molecule has 1 aromatic heterocycles. The van der Waals surface area contributed by atoms with Gasteiger partial charge >= 0.3 is 0 Å². The normalized spacial score (nSPS) is 15.0. The largest absolute Gasteiger partial charge is 0.311 e. The van der Waals surface area contributed by atoms with Crippen LogP contribution in [0.5, 0.6) is 0 Å². The summed E-state index contributed by atoms with van der Waals surface area (Å²) in [5, 5.41) is 3.68. The van der Waals surface area contributed by atoms with E-state index in [1.807, 2.05) is 11.3 Å². The van der Waals surface area contributed by atoms with Crippen molar-refractivity contribution in [3.05, 3.63) is 21.9 Å². The van der Waals surface area contributed by atoms with Crippen molar-refractivity contribution in [2.45, 2.75) is 65.5 Å². The molecule has 0 aliphatic carbocycles. The van der Waals surface area contributed by atoms with Gasteiger partial charge in [-0.2, -0.15) is 0 Å². The molecule has 0 fully saturated rings. The lowest BCUT2D eigenvalue weighted by molar-refractivity contribution is 0.435. The molecular formula is C14H25NS. The molecule has 0 saturated heterocycles. The van der Waals surface area contributed by atoms with E-state index in [2.05, 4.69) is 45.1 Å². The smallest absolute Gasteiger partial charge is 0.00894 e. The highest BCUT2D eigenvalue weighted by molar-refractivity contribution is 7.11. The Morgan fingerprint density at radius 1 is 1.25 bits per heavy atom. The van der Waals surface area contributed by atoms with E-state index >= 15 is 0 Å². The highest BCUT2D eigenvalue weighted by atomic mass is 32.1. The van der Waals surface area contributed by atoms with E-state index in [-0.39, 0.29) is 0 Å². The number of hydrogen-bond acceptors (Lipinski definition) is 2. The van der Waals surface area contributed by atoms with Crippen molar-refractivity contribution in [1.82, 2.24) is 5.32 Å². The van der Waals surface area contributed by atoms with Crippen LogP contribution in [-0.2, 0) is 6.42 Å². The first-order valence-electron chi connectivity index (χ1n) is 6.43. The summed E-state index contributed by atoms with van der Waals surface area (Å²) >= 11 is 1.92. The number of unbranched alkanes of at least 4 members (excludes halogenated alkanes) is 1. The van der Waals surface area contributed by atoms with Crippen molar-refractivity contribution >= 4 is 11.3 Å². The monoisotopic (exact) mass is 239 g/mol. The summed E-state index contributed by atoms with van der Waals surface area (Å²) in [4.78, 5) is 2.92. The van der Waals surface area contributed by atoms with Gasteiger partial charge < -0.3 is 5.32 Å². The lowest BCUT2D eigenvalue weighted by Crippen LogP contribution is -2.35. The minimum atomic E-state index is 0.588. The molecule has 1 heterocycles. The summed E-state index contributed by atoms with van der Waals surface area (Å²) in [5.74, 6) is 0. The van der Waals surface area contributed by atoms with Gasteiger partial charge in [-0.25, -0.2) is 0 Å². The van der Waals surface area contributed by atoms with E-state index < -0.39 is 0 Å². The average Bonchev–Trinajstić information content (AvgIpc) is 2.60. The average molecular weight is 239 g/mol. The molecule has 2 atom stereocenters. The SMILES string of the molecule is CCCCC(C)NC(C)Cc1ccc(C)s1. The Labute approximate surface area is 104 Å². The van der Waals surface area contributed by atoms with E-state index in [1.165, 1.54) is 29.0 Å².